The lowest BCUT2D eigenvalue weighted by Crippen LogP contribution is -2.44. The van der Waals surface area contributed by atoms with Gasteiger partial charge in [0.1, 0.15) is 5.75 Å². The Hall–Kier alpha value is -2.02. The largest absolute Gasteiger partial charge is 0.495 e. The van der Waals surface area contributed by atoms with Crippen LogP contribution in [0, 0.1) is 0 Å². The van der Waals surface area contributed by atoms with E-state index in [0.717, 1.165) is 53.4 Å². The van der Waals surface area contributed by atoms with Gasteiger partial charge < -0.3 is 14.5 Å². The van der Waals surface area contributed by atoms with Crippen LogP contribution in [0.4, 0.5) is 5.69 Å². The molecular formula is C20H22ClN3O2S. The molecule has 2 aromatic carbocycles. The molecule has 142 valence electrons. The number of ether oxygens (including phenoxy) is 1. The molecule has 0 N–H and O–H groups in total. The summed E-state index contributed by atoms with van der Waals surface area (Å²) in [7, 11) is 2.46. The van der Waals surface area contributed by atoms with Crippen LogP contribution >= 0.6 is 11.6 Å². The van der Waals surface area contributed by atoms with Crippen molar-refractivity contribution >= 4 is 39.2 Å². The molecule has 27 heavy (non-hydrogen) atoms. The third-order valence-electron chi connectivity index (χ3n) is 4.99. The van der Waals surface area contributed by atoms with Gasteiger partial charge in [0.25, 0.3) is 0 Å². The normalized spacial score (nSPS) is 16.6. The Morgan fingerprint density at radius 2 is 1.81 bits per heavy atom. The van der Waals surface area contributed by atoms with Gasteiger partial charge in [0.15, 0.2) is 11.0 Å². The van der Waals surface area contributed by atoms with Crippen molar-refractivity contribution in [3.8, 4) is 5.75 Å². The summed E-state index contributed by atoms with van der Waals surface area (Å²) in [6.07, 6.45) is 1.84. The second-order valence-corrected chi connectivity index (χ2v) is 8.52. The average Bonchev–Trinajstić information content (AvgIpc) is 3.10. The van der Waals surface area contributed by atoms with Gasteiger partial charge in [0.2, 0.25) is 0 Å². The molecule has 0 spiro atoms. The van der Waals surface area contributed by atoms with Crippen LogP contribution in [-0.2, 0) is 11.0 Å². The highest BCUT2D eigenvalue weighted by Gasteiger charge is 2.20. The highest BCUT2D eigenvalue weighted by atomic mass is 35.5. The lowest BCUT2D eigenvalue weighted by Gasteiger charge is -2.34. The van der Waals surface area contributed by atoms with Gasteiger partial charge in [-0.3, -0.25) is 3.97 Å². The first-order chi connectivity index (χ1) is 13.1. The molecule has 5 nitrogen and oxygen atoms in total. The molecule has 0 aliphatic carbocycles. The molecule has 4 rings (SSSR count). The number of hydrogen-bond donors (Lipinski definition) is 0. The van der Waals surface area contributed by atoms with Gasteiger partial charge in [0.05, 0.1) is 23.2 Å². The lowest BCUT2D eigenvalue weighted by molar-refractivity contribution is 0.311. The minimum Gasteiger partial charge on any atom is -0.495 e. The van der Waals surface area contributed by atoms with Gasteiger partial charge in [-0.15, -0.1) is 0 Å². The zero-order chi connectivity index (χ0) is 19.0. The van der Waals surface area contributed by atoms with E-state index in [4.69, 9.17) is 16.3 Å². The lowest BCUT2D eigenvalue weighted by atomic mass is 10.2. The molecular weight excluding hydrogens is 382 g/mol. The van der Waals surface area contributed by atoms with Crippen LogP contribution in [0.15, 0.2) is 53.6 Å². The first-order valence-electron chi connectivity index (χ1n) is 8.87. The summed E-state index contributed by atoms with van der Waals surface area (Å²) in [5, 5.41) is 1.65. The van der Waals surface area contributed by atoms with Crippen molar-refractivity contribution in [3.63, 3.8) is 0 Å². The molecule has 3 aromatic rings. The van der Waals surface area contributed by atoms with Gasteiger partial charge in [-0.1, -0.05) is 11.6 Å². The van der Waals surface area contributed by atoms with Crippen molar-refractivity contribution < 1.29 is 8.95 Å². The Balaban J connectivity index is 1.70. The zero-order valence-corrected chi connectivity index (χ0v) is 17.0. The minimum absolute atomic E-state index is 0.674. The van der Waals surface area contributed by atoms with Crippen LogP contribution in [0.3, 0.4) is 0 Å². The van der Waals surface area contributed by atoms with Crippen LogP contribution < -0.4 is 9.64 Å². The van der Waals surface area contributed by atoms with Crippen molar-refractivity contribution in [2.75, 3.05) is 45.2 Å². The summed E-state index contributed by atoms with van der Waals surface area (Å²) in [6, 6.07) is 13.3. The number of piperazine rings is 1. The second kappa shape index (κ2) is 7.54. The maximum absolute atomic E-state index is 13.3. The van der Waals surface area contributed by atoms with E-state index in [-0.39, 0.29) is 0 Å². The maximum Gasteiger partial charge on any atom is 0.157 e. The standard InChI is InChI=1S/C20H22ClN3O2S/c1-22-9-11-23(12-10-22)19-14-17(4-6-20(19)26-2)27(25)24-8-7-15-13-16(21)3-5-18(15)24/h3-8,13-14H,9-12H2,1-2H3. The molecule has 1 atom stereocenters. The fourth-order valence-electron chi connectivity index (χ4n) is 3.42. The first-order valence-corrected chi connectivity index (χ1v) is 10.4. The summed E-state index contributed by atoms with van der Waals surface area (Å²) in [5.41, 5.74) is 1.89. The number of aromatic nitrogens is 1. The van der Waals surface area contributed by atoms with Crippen molar-refractivity contribution in [1.82, 2.24) is 8.87 Å². The fourth-order valence-corrected chi connectivity index (χ4v) is 4.74. The van der Waals surface area contributed by atoms with Crippen molar-refractivity contribution in [2.24, 2.45) is 0 Å². The number of rotatable bonds is 4. The Bertz CT molecular complexity index is 996. The molecule has 2 heterocycles. The smallest absolute Gasteiger partial charge is 0.157 e. The number of nitrogens with zero attached hydrogens (tertiary/aromatic N) is 3. The van der Waals surface area contributed by atoms with E-state index in [1.165, 1.54) is 0 Å². The molecule has 0 amide bonds. The SMILES string of the molecule is COc1ccc(S(=O)n2ccc3cc(Cl)ccc32)cc1N1CCN(C)CC1. The van der Waals surface area contributed by atoms with Gasteiger partial charge >= 0.3 is 0 Å². The molecule has 1 fully saturated rings. The summed E-state index contributed by atoms with van der Waals surface area (Å²) in [5.74, 6) is 0.810. The monoisotopic (exact) mass is 403 g/mol. The van der Waals surface area contributed by atoms with E-state index in [2.05, 4.69) is 16.8 Å². The van der Waals surface area contributed by atoms with Gasteiger partial charge in [0, 0.05) is 42.8 Å². The van der Waals surface area contributed by atoms with E-state index < -0.39 is 11.0 Å². The zero-order valence-electron chi connectivity index (χ0n) is 15.4. The van der Waals surface area contributed by atoms with E-state index in [1.807, 2.05) is 48.7 Å². The number of halogens is 1. The Morgan fingerprint density at radius 3 is 2.56 bits per heavy atom. The van der Waals surface area contributed by atoms with Crippen LogP contribution in [0.25, 0.3) is 10.9 Å². The van der Waals surface area contributed by atoms with E-state index >= 15 is 0 Å². The summed E-state index contributed by atoms with van der Waals surface area (Å²) >= 11 is 6.07. The molecule has 1 saturated heterocycles. The highest BCUT2D eigenvalue weighted by Crippen LogP contribution is 2.32. The third kappa shape index (κ3) is 3.57. The molecule has 0 saturated carbocycles. The number of anilines is 1. The van der Waals surface area contributed by atoms with Crippen molar-refractivity contribution in [3.05, 3.63) is 53.7 Å². The Labute approximate surface area is 166 Å². The molecule has 0 radical (unpaired) electrons. The van der Waals surface area contributed by atoms with Crippen LogP contribution in [0.5, 0.6) is 5.75 Å². The molecule has 1 aliphatic heterocycles. The summed E-state index contributed by atoms with van der Waals surface area (Å²) in [4.78, 5) is 5.35. The van der Waals surface area contributed by atoms with E-state index in [1.54, 1.807) is 11.1 Å². The number of hydrogen-bond acceptors (Lipinski definition) is 4. The molecule has 0 bridgehead atoms. The molecule has 1 aromatic heterocycles. The quantitative estimate of drug-likeness (QED) is 0.666. The van der Waals surface area contributed by atoms with Gasteiger partial charge in [-0.05, 0) is 49.5 Å². The van der Waals surface area contributed by atoms with Gasteiger partial charge in [-0.2, -0.15) is 0 Å². The van der Waals surface area contributed by atoms with E-state index in [0.29, 0.717) is 5.02 Å². The maximum atomic E-state index is 13.3. The van der Waals surface area contributed by atoms with Crippen LogP contribution in [-0.4, -0.2) is 53.4 Å². The second-order valence-electron chi connectivity index (χ2n) is 6.72. The average molecular weight is 404 g/mol. The van der Waals surface area contributed by atoms with Crippen molar-refractivity contribution in [2.45, 2.75) is 4.90 Å². The number of likely N-dealkylation sites (N-methyl/N-ethyl adjacent to an activating group) is 1. The molecule has 1 aliphatic rings. The van der Waals surface area contributed by atoms with Gasteiger partial charge in [-0.25, -0.2) is 4.21 Å². The summed E-state index contributed by atoms with van der Waals surface area (Å²) < 4.78 is 20.6. The number of methoxy groups -OCH3 is 1. The number of fused-ring (bicyclic) bond motifs is 1. The van der Waals surface area contributed by atoms with Crippen molar-refractivity contribution in [1.29, 1.82) is 0 Å². The predicted octanol–water partition coefficient (Wildman–Crippen LogP) is 3.63. The first kappa shape index (κ1) is 18.3. The number of benzene rings is 2. The predicted molar refractivity (Wildman–Crippen MR) is 111 cm³/mol. The topological polar surface area (TPSA) is 37.7 Å². The minimum atomic E-state index is -1.35. The third-order valence-corrected chi connectivity index (χ3v) is 6.56. The Morgan fingerprint density at radius 1 is 1.04 bits per heavy atom. The van der Waals surface area contributed by atoms with Crippen LogP contribution in [0.2, 0.25) is 5.02 Å². The fraction of sp³-hybridized carbons (Fsp3) is 0.300. The summed E-state index contributed by atoms with van der Waals surface area (Å²) in [6.45, 7) is 3.85. The van der Waals surface area contributed by atoms with E-state index in [9.17, 15) is 4.21 Å². The molecule has 1 unspecified atom stereocenters. The van der Waals surface area contributed by atoms with Crippen LogP contribution in [0.1, 0.15) is 0 Å². The Kier molecular flexibility index (Phi) is 5.12. The highest BCUT2D eigenvalue weighted by molar-refractivity contribution is 7.83. The molecule has 7 heteroatoms.